The Morgan fingerprint density at radius 2 is 1.53 bits per heavy atom. The highest BCUT2D eigenvalue weighted by Crippen LogP contribution is 2.75. The van der Waals surface area contributed by atoms with Crippen LogP contribution in [0.3, 0.4) is 0 Å². The van der Waals surface area contributed by atoms with Gasteiger partial charge in [-0.15, -0.1) is 0 Å². The largest absolute Gasteiger partial charge is 0.460 e. The van der Waals surface area contributed by atoms with Crippen molar-refractivity contribution in [3.63, 3.8) is 0 Å². The fraction of sp³-hybridized carbons (Fsp3) is 0.757. The average Bonchev–Trinajstić information content (AvgIpc) is 2.96. The molecule has 0 spiro atoms. The number of carbonyl (C=O) groups is 1. The topological polar surface area (TPSA) is 87.0 Å². The number of hydrogen-bond donors (Lipinski definition) is 3. The van der Waals surface area contributed by atoms with E-state index < -0.39 is 34.6 Å². The number of fused-ring (bicyclic) bond motifs is 7. The summed E-state index contributed by atoms with van der Waals surface area (Å²) in [6.07, 6.45) is 7.12. The summed E-state index contributed by atoms with van der Waals surface area (Å²) in [7, 11) is 0. The van der Waals surface area contributed by atoms with E-state index in [0.29, 0.717) is 10.9 Å². The highest BCUT2D eigenvalue weighted by atomic mass is 35.5. The molecule has 0 aromatic heterocycles. The van der Waals surface area contributed by atoms with Crippen LogP contribution in [0.1, 0.15) is 105 Å². The Morgan fingerprint density at radius 3 is 2.21 bits per heavy atom. The SMILES string of the molecule is CC1(C)[C@@H](O)[C@@H](O)[C@H](O)[C@]2(C)[C@H]3CC=C4[C@@H]5C[C@@](C)(C(=O)OCc6ccc(Cl)cc6)CC[C@]5(C)CC[C@@]4(C)[C@]3(C)CC[C@@H]12. The second-order valence-electron chi connectivity index (χ2n) is 17.0. The summed E-state index contributed by atoms with van der Waals surface area (Å²) in [5.41, 5.74) is 0.949. The number of benzene rings is 1. The standard InChI is InChI=1S/C37H53ClO5/c1-32(2)26-14-15-36(6)27(37(26,7)30(41)28(39)29(32)40)13-12-24-25-20-34(4,17-16-33(25,3)18-19-35(24,36)5)31(42)43-21-22-8-10-23(38)11-9-22/h8-12,25-30,39-41H,13-21H2,1-7H3/t25-,26-,27-,28+,29-,30-,33+,34-,35+,36+,37-/m0/s1. The molecule has 5 nitrogen and oxygen atoms in total. The molecule has 0 heterocycles. The molecule has 1 aromatic rings. The molecular formula is C37H53ClO5. The molecule has 238 valence electrons. The van der Waals surface area contributed by atoms with E-state index in [1.54, 1.807) is 0 Å². The van der Waals surface area contributed by atoms with Crippen molar-refractivity contribution < 1.29 is 24.9 Å². The van der Waals surface area contributed by atoms with E-state index in [4.69, 9.17) is 16.3 Å². The van der Waals surface area contributed by atoms with Crippen LogP contribution in [0.2, 0.25) is 5.02 Å². The van der Waals surface area contributed by atoms with Crippen molar-refractivity contribution in [2.75, 3.05) is 0 Å². The molecule has 0 amide bonds. The van der Waals surface area contributed by atoms with Gasteiger partial charge < -0.3 is 20.1 Å². The summed E-state index contributed by atoms with van der Waals surface area (Å²) in [5, 5.41) is 34.5. The fourth-order valence-electron chi connectivity index (χ4n) is 11.5. The van der Waals surface area contributed by atoms with Gasteiger partial charge in [-0.2, -0.15) is 0 Å². The third-order valence-electron chi connectivity index (χ3n) is 14.7. The summed E-state index contributed by atoms with van der Waals surface area (Å²) < 4.78 is 5.94. The van der Waals surface area contributed by atoms with E-state index in [1.165, 1.54) is 5.57 Å². The lowest BCUT2D eigenvalue weighted by Gasteiger charge is -2.72. The van der Waals surface area contributed by atoms with Crippen LogP contribution in [0.4, 0.5) is 0 Å². The van der Waals surface area contributed by atoms with Gasteiger partial charge in [0.15, 0.2) is 0 Å². The minimum atomic E-state index is -1.15. The zero-order valence-corrected chi connectivity index (χ0v) is 28.0. The second kappa shape index (κ2) is 10.0. The number of esters is 1. The normalized spacial score (nSPS) is 48.6. The van der Waals surface area contributed by atoms with Gasteiger partial charge in [0.1, 0.15) is 12.7 Å². The van der Waals surface area contributed by atoms with Gasteiger partial charge in [-0.3, -0.25) is 4.79 Å². The molecule has 0 bridgehead atoms. The number of hydrogen-bond acceptors (Lipinski definition) is 5. The van der Waals surface area contributed by atoms with Gasteiger partial charge in [0, 0.05) is 10.4 Å². The molecule has 5 aliphatic rings. The monoisotopic (exact) mass is 612 g/mol. The van der Waals surface area contributed by atoms with Gasteiger partial charge in [0.25, 0.3) is 0 Å². The molecule has 11 atom stereocenters. The Kier molecular flexibility index (Phi) is 7.38. The first-order valence-electron chi connectivity index (χ1n) is 16.6. The van der Waals surface area contributed by atoms with Crippen LogP contribution in [0, 0.1) is 50.2 Å². The van der Waals surface area contributed by atoms with Crippen LogP contribution >= 0.6 is 11.6 Å². The quantitative estimate of drug-likeness (QED) is 0.243. The van der Waals surface area contributed by atoms with E-state index in [9.17, 15) is 20.1 Å². The Balaban J connectivity index is 1.31. The Bertz CT molecular complexity index is 1310. The maximum Gasteiger partial charge on any atom is 0.312 e. The Hall–Kier alpha value is -1.40. The van der Waals surface area contributed by atoms with Crippen molar-refractivity contribution in [1.29, 1.82) is 0 Å². The highest BCUT2D eigenvalue weighted by molar-refractivity contribution is 6.30. The molecule has 1 aromatic carbocycles. The third kappa shape index (κ3) is 4.30. The number of halogens is 1. The maximum atomic E-state index is 13.7. The molecule has 3 N–H and O–H groups in total. The lowest BCUT2D eigenvalue weighted by Crippen LogP contribution is -2.71. The van der Waals surface area contributed by atoms with Crippen LogP contribution < -0.4 is 0 Å². The molecular weight excluding hydrogens is 560 g/mol. The van der Waals surface area contributed by atoms with Gasteiger partial charge in [-0.25, -0.2) is 0 Å². The van der Waals surface area contributed by atoms with Crippen LogP contribution in [0.15, 0.2) is 35.9 Å². The summed E-state index contributed by atoms with van der Waals surface area (Å²) in [4.78, 5) is 13.7. The van der Waals surface area contributed by atoms with Crippen LogP contribution in [-0.2, 0) is 16.1 Å². The zero-order valence-electron chi connectivity index (χ0n) is 27.3. The number of carbonyl (C=O) groups excluding carboxylic acids is 1. The minimum absolute atomic E-state index is 0.0638. The van der Waals surface area contributed by atoms with E-state index >= 15 is 0 Å². The van der Waals surface area contributed by atoms with E-state index in [0.717, 1.165) is 56.9 Å². The van der Waals surface area contributed by atoms with Crippen LogP contribution in [-0.4, -0.2) is 39.6 Å². The molecule has 4 saturated carbocycles. The lowest BCUT2D eigenvalue weighted by atomic mass is 9.33. The van der Waals surface area contributed by atoms with E-state index in [1.807, 2.05) is 24.3 Å². The maximum absolute atomic E-state index is 13.7. The van der Waals surface area contributed by atoms with Gasteiger partial charge in [-0.05, 0) is 115 Å². The number of allylic oxidation sites excluding steroid dienone is 2. The first-order chi connectivity index (χ1) is 19.9. The van der Waals surface area contributed by atoms with Crippen molar-refractivity contribution in [3.8, 4) is 0 Å². The second-order valence-corrected chi connectivity index (χ2v) is 17.5. The summed E-state index contributed by atoms with van der Waals surface area (Å²) in [6.45, 7) is 16.1. The molecule has 4 fully saturated rings. The number of aliphatic hydroxyl groups excluding tert-OH is 3. The first-order valence-corrected chi connectivity index (χ1v) is 17.0. The smallest absolute Gasteiger partial charge is 0.312 e. The fourth-order valence-corrected chi connectivity index (χ4v) is 11.6. The number of ether oxygens (including phenoxy) is 1. The lowest BCUT2D eigenvalue weighted by molar-refractivity contribution is -0.278. The van der Waals surface area contributed by atoms with Crippen molar-refractivity contribution in [2.24, 2.45) is 50.2 Å². The summed E-state index contributed by atoms with van der Waals surface area (Å²) >= 11 is 6.04. The molecule has 6 heteroatoms. The van der Waals surface area contributed by atoms with E-state index in [-0.39, 0.29) is 40.7 Å². The Morgan fingerprint density at radius 1 is 0.884 bits per heavy atom. The first kappa shape index (κ1) is 31.6. The molecule has 0 aliphatic heterocycles. The van der Waals surface area contributed by atoms with Crippen LogP contribution in [0.5, 0.6) is 0 Å². The van der Waals surface area contributed by atoms with Gasteiger partial charge >= 0.3 is 5.97 Å². The van der Waals surface area contributed by atoms with Gasteiger partial charge in [0.05, 0.1) is 17.6 Å². The molecule has 0 radical (unpaired) electrons. The number of rotatable bonds is 3. The van der Waals surface area contributed by atoms with Crippen LogP contribution in [0.25, 0.3) is 0 Å². The molecule has 0 saturated heterocycles. The third-order valence-corrected chi connectivity index (χ3v) is 15.0. The van der Waals surface area contributed by atoms with Crippen molar-refractivity contribution in [1.82, 2.24) is 0 Å². The van der Waals surface area contributed by atoms with E-state index in [2.05, 4.69) is 54.5 Å². The average molecular weight is 613 g/mol. The molecule has 0 unspecified atom stereocenters. The molecule has 43 heavy (non-hydrogen) atoms. The minimum Gasteiger partial charge on any atom is -0.460 e. The highest BCUT2D eigenvalue weighted by Gasteiger charge is 2.71. The summed E-state index contributed by atoms with van der Waals surface area (Å²) in [6, 6.07) is 7.47. The predicted octanol–water partition coefficient (Wildman–Crippen LogP) is 7.49. The van der Waals surface area contributed by atoms with Crippen molar-refractivity contribution >= 4 is 17.6 Å². The van der Waals surface area contributed by atoms with Crippen molar-refractivity contribution in [2.45, 2.75) is 125 Å². The Labute approximate surface area is 263 Å². The van der Waals surface area contributed by atoms with Crippen molar-refractivity contribution in [3.05, 3.63) is 46.5 Å². The zero-order chi connectivity index (χ0) is 31.4. The number of aliphatic hydroxyl groups is 3. The molecule has 5 aliphatic carbocycles. The predicted molar refractivity (Wildman–Crippen MR) is 169 cm³/mol. The van der Waals surface area contributed by atoms with Gasteiger partial charge in [-0.1, -0.05) is 76.9 Å². The van der Waals surface area contributed by atoms with Gasteiger partial charge in [0.2, 0.25) is 0 Å². The molecule has 6 rings (SSSR count). The summed E-state index contributed by atoms with van der Waals surface area (Å²) in [5.74, 6) is 0.502.